The third kappa shape index (κ3) is 3.58. The molecule has 2 heterocycles. The van der Waals surface area contributed by atoms with Crippen LogP contribution in [0.15, 0.2) is 59.5 Å². The van der Waals surface area contributed by atoms with E-state index in [0.29, 0.717) is 23.3 Å². The SMILES string of the molecule is CCNCCNC(c1ccncc1)c1c(O)c2ccccc2c2occ(CO)c12. The second-order valence-electron chi connectivity index (χ2n) is 6.95. The van der Waals surface area contributed by atoms with E-state index in [0.717, 1.165) is 34.8 Å². The maximum atomic E-state index is 11.3. The summed E-state index contributed by atoms with van der Waals surface area (Å²) >= 11 is 0. The summed E-state index contributed by atoms with van der Waals surface area (Å²) < 4.78 is 5.85. The summed E-state index contributed by atoms with van der Waals surface area (Å²) in [5.74, 6) is 0.196. The number of aromatic nitrogens is 1. The lowest BCUT2D eigenvalue weighted by Gasteiger charge is -2.23. The van der Waals surface area contributed by atoms with Crippen molar-refractivity contribution in [2.45, 2.75) is 19.6 Å². The van der Waals surface area contributed by atoms with Crippen molar-refractivity contribution in [3.63, 3.8) is 0 Å². The highest BCUT2D eigenvalue weighted by atomic mass is 16.3. The zero-order valence-electron chi connectivity index (χ0n) is 16.4. The van der Waals surface area contributed by atoms with Gasteiger partial charge in [-0.15, -0.1) is 0 Å². The molecule has 0 bridgehead atoms. The monoisotopic (exact) mass is 391 g/mol. The zero-order valence-corrected chi connectivity index (χ0v) is 16.4. The van der Waals surface area contributed by atoms with E-state index in [2.05, 4.69) is 22.5 Å². The van der Waals surface area contributed by atoms with Crippen LogP contribution in [0.1, 0.15) is 29.7 Å². The molecule has 0 radical (unpaired) electrons. The van der Waals surface area contributed by atoms with Crippen molar-refractivity contribution < 1.29 is 14.6 Å². The molecule has 0 aliphatic carbocycles. The topological polar surface area (TPSA) is 90.6 Å². The van der Waals surface area contributed by atoms with Crippen molar-refractivity contribution in [2.75, 3.05) is 19.6 Å². The van der Waals surface area contributed by atoms with E-state index >= 15 is 0 Å². The minimum Gasteiger partial charge on any atom is -0.507 e. The van der Waals surface area contributed by atoms with Crippen molar-refractivity contribution in [3.05, 3.63) is 71.7 Å². The number of fused-ring (bicyclic) bond motifs is 3. The van der Waals surface area contributed by atoms with Gasteiger partial charge in [-0.25, -0.2) is 0 Å². The Labute approximate surface area is 169 Å². The second-order valence-corrected chi connectivity index (χ2v) is 6.95. The number of phenolic OH excluding ortho intramolecular Hbond substituents is 1. The molecule has 150 valence electrons. The van der Waals surface area contributed by atoms with Crippen molar-refractivity contribution in [2.24, 2.45) is 0 Å². The van der Waals surface area contributed by atoms with Crippen LogP contribution in [-0.4, -0.2) is 34.8 Å². The predicted molar refractivity (Wildman–Crippen MR) is 114 cm³/mol. The van der Waals surface area contributed by atoms with Gasteiger partial charge in [-0.2, -0.15) is 0 Å². The van der Waals surface area contributed by atoms with Crippen LogP contribution >= 0.6 is 0 Å². The van der Waals surface area contributed by atoms with E-state index < -0.39 is 0 Å². The van der Waals surface area contributed by atoms with Gasteiger partial charge >= 0.3 is 0 Å². The number of nitrogens with one attached hydrogen (secondary N) is 2. The maximum absolute atomic E-state index is 11.3. The molecule has 1 atom stereocenters. The third-order valence-electron chi connectivity index (χ3n) is 5.22. The number of benzene rings is 2. The van der Waals surface area contributed by atoms with E-state index in [4.69, 9.17) is 4.42 Å². The lowest BCUT2D eigenvalue weighted by Crippen LogP contribution is -2.31. The summed E-state index contributed by atoms with van der Waals surface area (Å²) in [7, 11) is 0. The molecule has 0 aliphatic rings. The lowest BCUT2D eigenvalue weighted by atomic mass is 9.90. The lowest BCUT2D eigenvalue weighted by molar-refractivity contribution is 0.281. The Morgan fingerprint density at radius 3 is 2.55 bits per heavy atom. The zero-order chi connectivity index (χ0) is 20.2. The molecule has 4 aromatic rings. The summed E-state index contributed by atoms with van der Waals surface area (Å²) in [5.41, 5.74) is 3.02. The van der Waals surface area contributed by atoms with E-state index in [9.17, 15) is 10.2 Å². The molecule has 6 heteroatoms. The Kier molecular flexibility index (Phi) is 5.76. The summed E-state index contributed by atoms with van der Waals surface area (Å²) in [6, 6.07) is 11.2. The van der Waals surface area contributed by atoms with Gasteiger partial charge < -0.3 is 25.3 Å². The number of aliphatic hydroxyl groups excluding tert-OH is 1. The summed E-state index contributed by atoms with van der Waals surface area (Å²) in [4.78, 5) is 4.13. The summed E-state index contributed by atoms with van der Waals surface area (Å²) in [6.45, 7) is 4.30. The molecule has 0 aliphatic heterocycles. The molecule has 2 aromatic carbocycles. The minimum atomic E-state index is -0.285. The molecule has 0 spiro atoms. The average Bonchev–Trinajstić information content (AvgIpc) is 3.20. The van der Waals surface area contributed by atoms with Gasteiger partial charge in [-0.3, -0.25) is 4.98 Å². The predicted octanol–water partition coefficient (Wildman–Crippen LogP) is 3.47. The highest BCUT2D eigenvalue weighted by Crippen LogP contribution is 2.44. The fourth-order valence-electron chi connectivity index (χ4n) is 3.86. The molecule has 6 nitrogen and oxygen atoms in total. The van der Waals surface area contributed by atoms with Crippen molar-refractivity contribution >= 4 is 21.7 Å². The molecule has 0 saturated heterocycles. The number of rotatable bonds is 8. The Bertz CT molecular complexity index is 1110. The van der Waals surface area contributed by atoms with Gasteiger partial charge in [-0.05, 0) is 24.2 Å². The second kappa shape index (κ2) is 8.61. The Balaban J connectivity index is 1.96. The molecule has 0 amide bonds. The Morgan fingerprint density at radius 1 is 1.07 bits per heavy atom. The summed E-state index contributed by atoms with van der Waals surface area (Å²) in [6.07, 6.45) is 5.06. The van der Waals surface area contributed by atoms with Gasteiger partial charge in [0.05, 0.1) is 18.9 Å². The molecule has 1 unspecified atom stereocenters. The van der Waals surface area contributed by atoms with Crippen LogP contribution in [0.4, 0.5) is 0 Å². The highest BCUT2D eigenvalue weighted by molar-refractivity contribution is 6.10. The smallest absolute Gasteiger partial charge is 0.142 e. The number of nitrogens with zero attached hydrogens (tertiary/aromatic N) is 1. The van der Waals surface area contributed by atoms with Crippen LogP contribution < -0.4 is 10.6 Å². The fourth-order valence-corrected chi connectivity index (χ4v) is 3.86. The number of pyridine rings is 1. The van der Waals surface area contributed by atoms with Crippen molar-refractivity contribution in [1.29, 1.82) is 0 Å². The largest absolute Gasteiger partial charge is 0.507 e. The van der Waals surface area contributed by atoms with Crippen LogP contribution in [0, 0.1) is 0 Å². The Hall–Kier alpha value is -2.93. The van der Waals surface area contributed by atoms with Crippen molar-refractivity contribution in [1.82, 2.24) is 15.6 Å². The van der Waals surface area contributed by atoms with Gasteiger partial charge in [-0.1, -0.05) is 31.2 Å². The normalized spacial score (nSPS) is 12.6. The first kappa shape index (κ1) is 19.4. The standard InChI is InChI=1S/C23H25N3O3/c1-2-24-11-12-26-21(15-7-9-25-10-8-15)20-19-16(13-27)14-29-23(19)18-6-4-3-5-17(18)22(20)28/h3-10,14,21,24,26-28H,2,11-13H2,1H3. The molecule has 4 rings (SSSR count). The molecular weight excluding hydrogens is 366 g/mol. The molecule has 0 fully saturated rings. The van der Waals surface area contributed by atoms with Crippen LogP contribution in [-0.2, 0) is 6.61 Å². The van der Waals surface area contributed by atoms with Crippen LogP contribution in [0.2, 0.25) is 0 Å². The van der Waals surface area contributed by atoms with Crippen LogP contribution in [0.5, 0.6) is 5.75 Å². The first-order valence-corrected chi connectivity index (χ1v) is 9.84. The quantitative estimate of drug-likeness (QED) is 0.344. The number of aliphatic hydroxyl groups is 1. The van der Waals surface area contributed by atoms with Gasteiger partial charge in [0.25, 0.3) is 0 Å². The van der Waals surface area contributed by atoms with Gasteiger partial charge in [0, 0.05) is 52.8 Å². The fraction of sp³-hybridized carbons (Fsp3) is 0.261. The number of hydrogen-bond acceptors (Lipinski definition) is 6. The molecule has 2 aromatic heterocycles. The van der Waals surface area contributed by atoms with Crippen LogP contribution in [0.3, 0.4) is 0 Å². The number of furan rings is 1. The van der Waals surface area contributed by atoms with Crippen molar-refractivity contribution in [3.8, 4) is 5.75 Å². The van der Waals surface area contributed by atoms with E-state index in [1.54, 1.807) is 18.7 Å². The van der Waals surface area contributed by atoms with E-state index in [1.165, 1.54) is 0 Å². The molecule has 4 N–H and O–H groups in total. The molecule has 0 saturated carbocycles. The third-order valence-corrected chi connectivity index (χ3v) is 5.22. The molecule has 29 heavy (non-hydrogen) atoms. The van der Waals surface area contributed by atoms with E-state index in [-0.39, 0.29) is 18.4 Å². The van der Waals surface area contributed by atoms with Gasteiger partial charge in [0.15, 0.2) is 0 Å². The number of hydrogen-bond donors (Lipinski definition) is 4. The average molecular weight is 391 g/mol. The van der Waals surface area contributed by atoms with Gasteiger partial charge in [0.2, 0.25) is 0 Å². The van der Waals surface area contributed by atoms with E-state index in [1.807, 2.05) is 36.4 Å². The molecular formula is C23H25N3O3. The number of aromatic hydroxyl groups is 1. The minimum absolute atomic E-state index is 0.168. The van der Waals surface area contributed by atoms with Gasteiger partial charge in [0.1, 0.15) is 11.3 Å². The first-order valence-electron chi connectivity index (χ1n) is 9.84. The van der Waals surface area contributed by atoms with Crippen LogP contribution in [0.25, 0.3) is 21.7 Å². The number of likely N-dealkylation sites (N-methyl/N-ethyl adjacent to an activating group) is 1. The summed E-state index contributed by atoms with van der Waals surface area (Å²) in [5, 5.41) is 30.4. The maximum Gasteiger partial charge on any atom is 0.142 e. The number of phenols is 1. The highest BCUT2D eigenvalue weighted by Gasteiger charge is 2.26. The Morgan fingerprint density at radius 2 is 1.83 bits per heavy atom. The first-order chi connectivity index (χ1) is 14.3.